The molecule has 144 valence electrons. The molecule has 9 nitrogen and oxygen atoms in total. The Kier molecular flexibility index (Phi) is 5.25. The molecule has 0 spiro atoms. The summed E-state index contributed by atoms with van der Waals surface area (Å²) >= 11 is 0. The number of methoxy groups -OCH3 is 1. The minimum atomic E-state index is -0.747. The van der Waals surface area contributed by atoms with Crippen LogP contribution in [0.4, 0.5) is 16.2 Å². The molecule has 2 aromatic carbocycles. The second-order valence-electron chi connectivity index (χ2n) is 6.07. The fourth-order valence-corrected chi connectivity index (χ4v) is 3.03. The first kappa shape index (κ1) is 18.9. The monoisotopic (exact) mass is 382 g/mol. The number of carbonyl (C=O) groups excluding carboxylic acids is 2. The van der Waals surface area contributed by atoms with Crippen LogP contribution in [0.3, 0.4) is 0 Å². The molecule has 0 saturated heterocycles. The van der Waals surface area contributed by atoms with Crippen molar-refractivity contribution in [1.29, 1.82) is 0 Å². The number of allylic oxidation sites excluding steroid dienone is 1. The predicted molar refractivity (Wildman–Crippen MR) is 102 cm³/mol. The smallest absolute Gasteiger partial charge is 0.319 e. The first-order valence-electron chi connectivity index (χ1n) is 8.37. The van der Waals surface area contributed by atoms with E-state index < -0.39 is 22.9 Å². The van der Waals surface area contributed by atoms with Gasteiger partial charge in [0.2, 0.25) is 0 Å². The highest BCUT2D eigenvalue weighted by Gasteiger charge is 2.33. The molecular weight excluding hydrogens is 364 g/mol. The topological polar surface area (TPSA) is 123 Å². The van der Waals surface area contributed by atoms with Crippen LogP contribution in [0.5, 0.6) is 5.75 Å². The van der Waals surface area contributed by atoms with Gasteiger partial charge in [0.05, 0.1) is 23.6 Å². The number of nitrogens with one attached hydrogen (secondary N) is 3. The molecule has 0 aromatic heterocycles. The van der Waals surface area contributed by atoms with E-state index in [1.54, 1.807) is 37.3 Å². The van der Waals surface area contributed by atoms with Crippen molar-refractivity contribution in [3.63, 3.8) is 0 Å². The van der Waals surface area contributed by atoms with Crippen molar-refractivity contribution >= 4 is 23.3 Å². The number of carbonyl (C=O) groups is 2. The van der Waals surface area contributed by atoms with E-state index >= 15 is 0 Å². The van der Waals surface area contributed by atoms with E-state index in [0.717, 1.165) is 0 Å². The van der Waals surface area contributed by atoms with Crippen molar-refractivity contribution in [2.24, 2.45) is 0 Å². The highest BCUT2D eigenvalue weighted by atomic mass is 16.6. The molecule has 3 rings (SSSR count). The highest BCUT2D eigenvalue weighted by Crippen LogP contribution is 2.33. The number of amides is 3. The van der Waals surface area contributed by atoms with Crippen LogP contribution in [0, 0.1) is 10.1 Å². The SMILES string of the molecule is COc1ccccc1[C@H]1NC(=O)NC(C)=C1C(=O)Nc1cccc([N+](=O)[O-])c1. The molecule has 0 radical (unpaired) electrons. The summed E-state index contributed by atoms with van der Waals surface area (Å²) < 4.78 is 5.36. The number of ether oxygens (including phenoxy) is 1. The number of nitro groups is 1. The van der Waals surface area contributed by atoms with E-state index in [1.165, 1.54) is 25.3 Å². The third-order valence-electron chi connectivity index (χ3n) is 4.28. The van der Waals surface area contributed by atoms with E-state index in [9.17, 15) is 19.7 Å². The molecule has 2 aromatic rings. The Balaban J connectivity index is 1.97. The van der Waals surface area contributed by atoms with E-state index in [1.807, 2.05) is 0 Å². The first-order valence-corrected chi connectivity index (χ1v) is 8.37. The van der Waals surface area contributed by atoms with Crippen molar-refractivity contribution in [1.82, 2.24) is 10.6 Å². The van der Waals surface area contributed by atoms with Crippen LogP contribution in [-0.4, -0.2) is 24.0 Å². The number of para-hydroxylation sites is 1. The summed E-state index contributed by atoms with van der Waals surface area (Å²) in [5.74, 6) is 0.0181. The Morgan fingerprint density at radius 2 is 1.96 bits per heavy atom. The van der Waals surface area contributed by atoms with Gasteiger partial charge in [-0.1, -0.05) is 24.3 Å². The maximum absolute atomic E-state index is 13.0. The molecule has 0 bridgehead atoms. The number of anilines is 1. The molecule has 0 saturated carbocycles. The van der Waals surface area contributed by atoms with Crippen LogP contribution in [0.1, 0.15) is 18.5 Å². The van der Waals surface area contributed by atoms with Crippen molar-refractivity contribution < 1.29 is 19.2 Å². The summed E-state index contributed by atoms with van der Waals surface area (Å²) in [7, 11) is 1.50. The zero-order valence-electron chi connectivity index (χ0n) is 15.2. The van der Waals surface area contributed by atoms with Crippen molar-refractivity contribution in [2.75, 3.05) is 12.4 Å². The molecule has 28 heavy (non-hydrogen) atoms. The van der Waals surface area contributed by atoms with Crippen molar-refractivity contribution in [3.8, 4) is 5.75 Å². The molecule has 0 unspecified atom stereocenters. The van der Waals surface area contributed by atoms with Gasteiger partial charge in [-0.05, 0) is 19.1 Å². The summed E-state index contributed by atoms with van der Waals surface area (Å²) in [6.07, 6.45) is 0. The molecule has 9 heteroatoms. The number of hydrogen-bond donors (Lipinski definition) is 3. The first-order chi connectivity index (χ1) is 13.4. The van der Waals surface area contributed by atoms with Gasteiger partial charge in [0.25, 0.3) is 11.6 Å². The lowest BCUT2D eigenvalue weighted by molar-refractivity contribution is -0.384. The Labute approximate surface area is 160 Å². The molecule has 1 aliphatic heterocycles. The van der Waals surface area contributed by atoms with Gasteiger partial charge in [-0.3, -0.25) is 14.9 Å². The molecule has 1 atom stereocenters. The molecular formula is C19H18N4O5. The van der Waals surface area contributed by atoms with Crippen LogP contribution in [-0.2, 0) is 4.79 Å². The Morgan fingerprint density at radius 3 is 2.68 bits per heavy atom. The lowest BCUT2D eigenvalue weighted by Crippen LogP contribution is -2.46. The number of non-ortho nitro benzene ring substituents is 1. The van der Waals surface area contributed by atoms with Gasteiger partial charge in [-0.25, -0.2) is 4.79 Å². The third kappa shape index (κ3) is 3.78. The van der Waals surface area contributed by atoms with Crippen LogP contribution < -0.4 is 20.7 Å². The summed E-state index contributed by atoms with van der Waals surface area (Å²) in [6, 6.07) is 11.5. The lowest BCUT2D eigenvalue weighted by Gasteiger charge is -2.29. The van der Waals surface area contributed by atoms with Crippen molar-refractivity contribution in [3.05, 3.63) is 75.5 Å². The number of urea groups is 1. The average Bonchev–Trinajstić information content (AvgIpc) is 2.67. The summed E-state index contributed by atoms with van der Waals surface area (Å²) in [5, 5.41) is 18.9. The standard InChI is InChI=1S/C19H18N4O5/c1-11-16(18(24)21-12-6-5-7-13(10-12)23(26)27)17(22-19(25)20-11)14-8-3-4-9-15(14)28-2/h3-10,17H,1-2H3,(H,21,24)(H2,20,22,25)/t17-/m1/s1. The van der Waals surface area contributed by atoms with Crippen LogP contribution >= 0.6 is 0 Å². The van der Waals surface area contributed by atoms with E-state index in [2.05, 4.69) is 16.0 Å². The third-order valence-corrected chi connectivity index (χ3v) is 4.28. The fraction of sp³-hybridized carbons (Fsp3) is 0.158. The molecule has 0 aliphatic carbocycles. The van der Waals surface area contributed by atoms with E-state index in [-0.39, 0.29) is 16.9 Å². The zero-order valence-corrected chi connectivity index (χ0v) is 15.2. The molecule has 1 heterocycles. The predicted octanol–water partition coefficient (Wildman–Crippen LogP) is 2.87. The van der Waals surface area contributed by atoms with Crippen LogP contribution in [0.25, 0.3) is 0 Å². The van der Waals surface area contributed by atoms with Crippen LogP contribution in [0.2, 0.25) is 0 Å². The molecule has 3 amide bonds. The average molecular weight is 382 g/mol. The van der Waals surface area contributed by atoms with Gasteiger partial charge in [-0.2, -0.15) is 0 Å². The minimum absolute atomic E-state index is 0.139. The number of rotatable bonds is 5. The summed E-state index contributed by atoms with van der Waals surface area (Å²) in [4.78, 5) is 35.4. The second-order valence-corrected chi connectivity index (χ2v) is 6.07. The second kappa shape index (κ2) is 7.78. The van der Waals surface area contributed by atoms with Gasteiger partial charge in [0, 0.05) is 29.1 Å². The van der Waals surface area contributed by atoms with E-state index in [4.69, 9.17) is 4.74 Å². The quantitative estimate of drug-likeness (QED) is 0.542. The Hall–Kier alpha value is -3.88. The number of nitrogens with zero attached hydrogens (tertiary/aromatic N) is 1. The largest absolute Gasteiger partial charge is 0.496 e. The highest BCUT2D eigenvalue weighted by molar-refractivity contribution is 6.07. The molecule has 3 N–H and O–H groups in total. The Bertz CT molecular complexity index is 986. The number of hydrogen-bond acceptors (Lipinski definition) is 5. The lowest BCUT2D eigenvalue weighted by atomic mass is 9.94. The maximum Gasteiger partial charge on any atom is 0.319 e. The van der Waals surface area contributed by atoms with Gasteiger partial charge in [-0.15, -0.1) is 0 Å². The summed E-state index contributed by atoms with van der Waals surface area (Å²) in [5.41, 5.74) is 1.40. The minimum Gasteiger partial charge on any atom is -0.496 e. The summed E-state index contributed by atoms with van der Waals surface area (Å²) in [6.45, 7) is 1.61. The van der Waals surface area contributed by atoms with Crippen LogP contribution in [0.15, 0.2) is 59.8 Å². The Morgan fingerprint density at radius 1 is 1.21 bits per heavy atom. The number of nitro benzene ring substituents is 1. The molecule has 0 fully saturated rings. The maximum atomic E-state index is 13.0. The number of benzene rings is 2. The van der Waals surface area contributed by atoms with Gasteiger partial charge in [0.15, 0.2) is 0 Å². The molecule has 1 aliphatic rings. The van der Waals surface area contributed by atoms with E-state index in [0.29, 0.717) is 17.0 Å². The fourth-order valence-electron chi connectivity index (χ4n) is 3.03. The normalized spacial score (nSPS) is 16.1. The van der Waals surface area contributed by atoms with Gasteiger partial charge in [0.1, 0.15) is 5.75 Å². The van der Waals surface area contributed by atoms with Gasteiger partial charge < -0.3 is 20.7 Å². The zero-order chi connectivity index (χ0) is 20.3. The van der Waals surface area contributed by atoms with Gasteiger partial charge >= 0.3 is 6.03 Å². The van der Waals surface area contributed by atoms with Crippen molar-refractivity contribution in [2.45, 2.75) is 13.0 Å².